The molecule has 1 amide bonds. The van der Waals surface area contributed by atoms with Crippen LogP contribution in [0, 0.1) is 16.4 Å². The van der Waals surface area contributed by atoms with E-state index >= 15 is 0 Å². The minimum absolute atomic E-state index is 0.0550. The van der Waals surface area contributed by atoms with Gasteiger partial charge in [0.1, 0.15) is 11.3 Å². The van der Waals surface area contributed by atoms with E-state index in [-0.39, 0.29) is 28.8 Å². The minimum atomic E-state index is -0.719. The van der Waals surface area contributed by atoms with Crippen molar-refractivity contribution in [3.05, 3.63) is 28.5 Å². The van der Waals surface area contributed by atoms with Crippen LogP contribution in [0.15, 0.2) is 12.1 Å². The quantitative estimate of drug-likeness (QED) is 0.824. The van der Waals surface area contributed by atoms with Crippen LogP contribution in [0.4, 0.5) is 8.78 Å². The number of carbonyl (C=O) groups excluding carboxylic acids is 1. The zero-order valence-electron chi connectivity index (χ0n) is 8.67. The number of nitrogens with zero attached hydrogens (tertiary/aromatic N) is 1. The van der Waals surface area contributed by atoms with E-state index in [4.69, 9.17) is 18.0 Å². The van der Waals surface area contributed by atoms with Crippen molar-refractivity contribution in [1.29, 1.82) is 0 Å². The molecule has 1 aromatic carbocycles. The molecule has 0 saturated carbocycles. The van der Waals surface area contributed by atoms with Crippen LogP contribution < -0.4 is 5.73 Å². The van der Waals surface area contributed by atoms with Gasteiger partial charge in [0.25, 0.3) is 0 Å². The smallest absolute Gasteiger partial charge is 0.219 e. The minimum Gasteiger partial charge on any atom is -0.370 e. The van der Waals surface area contributed by atoms with Crippen LogP contribution in [0.5, 0.6) is 0 Å². The van der Waals surface area contributed by atoms with Gasteiger partial charge in [-0.15, -0.1) is 0 Å². The largest absolute Gasteiger partial charge is 0.370 e. The molecule has 7 heteroatoms. The fourth-order valence-electron chi connectivity index (χ4n) is 1.62. The average molecular weight is 257 g/mol. The van der Waals surface area contributed by atoms with Crippen molar-refractivity contribution in [1.82, 2.24) is 9.55 Å². The molecule has 0 atom stereocenters. The molecular weight excluding hydrogens is 248 g/mol. The van der Waals surface area contributed by atoms with E-state index in [0.29, 0.717) is 0 Å². The Bertz CT molecular complexity index is 647. The Labute approximate surface area is 100 Å². The Morgan fingerprint density at radius 2 is 2.18 bits per heavy atom. The molecular formula is C10H9F2N3OS. The van der Waals surface area contributed by atoms with E-state index < -0.39 is 17.5 Å². The van der Waals surface area contributed by atoms with Gasteiger partial charge in [-0.2, -0.15) is 0 Å². The number of fused-ring (bicyclic) bond motifs is 1. The lowest BCUT2D eigenvalue weighted by atomic mass is 10.3. The molecule has 0 aliphatic carbocycles. The normalized spacial score (nSPS) is 10.9. The van der Waals surface area contributed by atoms with Crippen molar-refractivity contribution in [3.63, 3.8) is 0 Å². The van der Waals surface area contributed by atoms with Crippen LogP contribution in [0.25, 0.3) is 11.0 Å². The summed E-state index contributed by atoms with van der Waals surface area (Å²) in [6.07, 6.45) is 0.0550. The molecule has 4 nitrogen and oxygen atoms in total. The Morgan fingerprint density at radius 1 is 1.47 bits per heavy atom. The summed E-state index contributed by atoms with van der Waals surface area (Å²) in [4.78, 5) is 13.3. The molecule has 0 spiro atoms. The van der Waals surface area contributed by atoms with Crippen molar-refractivity contribution < 1.29 is 13.6 Å². The van der Waals surface area contributed by atoms with Gasteiger partial charge >= 0.3 is 0 Å². The molecule has 2 aromatic rings. The fourth-order valence-corrected chi connectivity index (χ4v) is 1.92. The number of nitrogens with two attached hydrogens (primary N) is 1. The van der Waals surface area contributed by atoms with Crippen LogP contribution in [0.1, 0.15) is 6.42 Å². The predicted octanol–water partition coefficient (Wildman–Crippen LogP) is 1.85. The number of halogens is 2. The third kappa shape index (κ3) is 2.19. The topological polar surface area (TPSA) is 63.8 Å². The first kappa shape index (κ1) is 11.7. The van der Waals surface area contributed by atoms with Crippen molar-refractivity contribution in [3.8, 4) is 0 Å². The maximum atomic E-state index is 13.4. The Hall–Kier alpha value is -1.76. The summed E-state index contributed by atoms with van der Waals surface area (Å²) in [6, 6.07) is 1.93. The maximum absolute atomic E-state index is 13.4. The number of hydrogen-bond donors (Lipinski definition) is 2. The molecule has 2 rings (SSSR count). The first-order valence-electron chi connectivity index (χ1n) is 4.85. The summed E-state index contributed by atoms with van der Waals surface area (Å²) in [5.41, 5.74) is 5.43. The molecule has 0 bridgehead atoms. The molecule has 0 fully saturated rings. The van der Waals surface area contributed by atoms with E-state index in [1.165, 1.54) is 4.57 Å². The van der Waals surface area contributed by atoms with Crippen LogP contribution >= 0.6 is 12.2 Å². The van der Waals surface area contributed by atoms with Crippen molar-refractivity contribution in [2.24, 2.45) is 5.73 Å². The second kappa shape index (κ2) is 4.25. The van der Waals surface area contributed by atoms with Crippen molar-refractivity contribution >= 4 is 29.2 Å². The molecule has 0 radical (unpaired) electrons. The number of aryl methyl sites for hydroxylation is 1. The van der Waals surface area contributed by atoms with Gasteiger partial charge in [-0.25, -0.2) is 8.78 Å². The molecule has 17 heavy (non-hydrogen) atoms. The fraction of sp³-hybridized carbons (Fsp3) is 0.200. The Morgan fingerprint density at radius 3 is 2.82 bits per heavy atom. The SMILES string of the molecule is NC(=O)CCn1c(=S)[nH]c2c(F)cc(F)cc21. The number of rotatable bonds is 3. The van der Waals surface area contributed by atoms with E-state index in [2.05, 4.69) is 4.98 Å². The first-order chi connectivity index (χ1) is 7.99. The number of aromatic amines is 1. The van der Waals surface area contributed by atoms with Gasteiger partial charge in [-0.3, -0.25) is 4.79 Å². The monoisotopic (exact) mass is 257 g/mol. The highest BCUT2D eigenvalue weighted by Crippen LogP contribution is 2.19. The zero-order chi connectivity index (χ0) is 12.6. The van der Waals surface area contributed by atoms with E-state index in [1.54, 1.807) is 0 Å². The van der Waals surface area contributed by atoms with E-state index in [0.717, 1.165) is 12.1 Å². The van der Waals surface area contributed by atoms with Gasteiger partial charge in [0.15, 0.2) is 10.6 Å². The van der Waals surface area contributed by atoms with Crippen LogP contribution in [0.2, 0.25) is 0 Å². The average Bonchev–Trinajstić information content (AvgIpc) is 2.52. The number of hydrogen-bond acceptors (Lipinski definition) is 2. The lowest BCUT2D eigenvalue weighted by Crippen LogP contribution is -2.13. The summed E-state index contributed by atoms with van der Waals surface area (Å²) in [5.74, 6) is -1.92. The third-order valence-corrected chi connectivity index (χ3v) is 2.71. The van der Waals surface area contributed by atoms with Gasteiger partial charge in [0.05, 0.1) is 5.52 Å². The summed E-state index contributed by atoms with van der Waals surface area (Å²) in [6.45, 7) is 0.192. The molecule has 0 aliphatic rings. The number of aromatic nitrogens is 2. The van der Waals surface area contributed by atoms with Crippen molar-refractivity contribution in [2.75, 3.05) is 0 Å². The summed E-state index contributed by atoms with van der Waals surface area (Å²) in [5, 5.41) is 0. The third-order valence-electron chi connectivity index (χ3n) is 2.38. The van der Waals surface area contributed by atoms with Gasteiger partial charge in [0, 0.05) is 19.0 Å². The zero-order valence-corrected chi connectivity index (χ0v) is 9.48. The molecule has 1 aromatic heterocycles. The van der Waals surface area contributed by atoms with E-state index in [9.17, 15) is 13.6 Å². The lowest BCUT2D eigenvalue weighted by Gasteiger charge is -2.02. The van der Waals surface area contributed by atoms with Crippen LogP contribution in [-0.2, 0) is 11.3 Å². The summed E-state index contributed by atoms with van der Waals surface area (Å²) >= 11 is 4.97. The molecule has 90 valence electrons. The van der Waals surface area contributed by atoms with Gasteiger partial charge in [-0.05, 0) is 18.3 Å². The second-order valence-corrected chi connectivity index (χ2v) is 3.97. The molecule has 1 heterocycles. The van der Waals surface area contributed by atoms with Gasteiger partial charge in [-0.1, -0.05) is 0 Å². The number of primary amides is 1. The highest BCUT2D eigenvalue weighted by molar-refractivity contribution is 7.71. The number of benzene rings is 1. The number of nitrogens with one attached hydrogen (secondary N) is 1. The summed E-state index contributed by atoms with van der Waals surface area (Å²) in [7, 11) is 0. The Kier molecular flexibility index (Phi) is 2.93. The number of carbonyl (C=O) groups is 1. The highest BCUT2D eigenvalue weighted by atomic mass is 32.1. The number of H-pyrrole nitrogens is 1. The van der Waals surface area contributed by atoms with Crippen LogP contribution in [-0.4, -0.2) is 15.5 Å². The number of amides is 1. The predicted molar refractivity (Wildman–Crippen MR) is 60.9 cm³/mol. The molecule has 0 saturated heterocycles. The van der Waals surface area contributed by atoms with Gasteiger partial charge in [0.2, 0.25) is 5.91 Å². The Balaban J connectivity index is 2.58. The molecule has 3 N–H and O–H groups in total. The second-order valence-electron chi connectivity index (χ2n) is 3.58. The van der Waals surface area contributed by atoms with Gasteiger partial charge < -0.3 is 15.3 Å². The lowest BCUT2D eigenvalue weighted by molar-refractivity contribution is -0.118. The molecule has 0 unspecified atom stereocenters. The summed E-state index contributed by atoms with van der Waals surface area (Å²) < 4.78 is 28.2. The maximum Gasteiger partial charge on any atom is 0.219 e. The highest BCUT2D eigenvalue weighted by Gasteiger charge is 2.11. The van der Waals surface area contributed by atoms with Crippen LogP contribution in [0.3, 0.4) is 0 Å². The first-order valence-corrected chi connectivity index (χ1v) is 5.25. The van der Waals surface area contributed by atoms with E-state index in [1.807, 2.05) is 0 Å². The van der Waals surface area contributed by atoms with Crippen molar-refractivity contribution in [2.45, 2.75) is 13.0 Å². The molecule has 0 aliphatic heterocycles. The standard InChI is InChI=1S/C10H9F2N3OS/c11-5-3-6(12)9-7(4-5)15(10(17)14-9)2-1-8(13)16/h3-4H,1-2H2,(H2,13,16)(H,14,17). The number of imidazole rings is 1.